The van der Waals surface area contributed by atoms with Crippen LogP contribution in [0.15, 0.2) is 46.9 Å². The number of anilines is 1. The number of halogens is 2. The molecule has 2 aromatic rings. The van der Waals surface area contributed by atoms with Crippen molar-refractivity contribution < 1.29 is 13.9 Å². The molecule has 0 spiro atoms. The van der Waals surface area contributed by atoms with Crippen LogP contribution in [0.4, 0.5) is 10.1 Å². The number of para-hydroxylation sites is 1. The van der Waals surface area contributed by atoms with E-state index in [0.29, 0.717) is 21.5 Å². The van der Waals surface area contributed by atoms with Gasteiger partial charge < -0.3 is 10.1 Å². The summed E-state index contributed by atoms with van der Waals surface area (Å²) in [5.74, 6) is -0.204. The third-order valence-electron chi connectivity index (χ3n) is 2.53. The third kappa shape index (κ3) is 3.12. The molecule has 0 bridgehead atoms. The van der Waals surface area contributed by atoms with Crippen molar-refractivity contribution in [2.75, 3.05) is 12.4 Å². The van der Waals surface area contributed by atoms with Crippen LogP contribution in [0.25, 0.3) is 0 Å². The van der Waals surface area contributed by atoms with Gasteiger partial charge in [0.05, 0.1) is 18.4 Å². The fourth-order valence-corrected chi connectivity index (χ4v) is 2.06. The monoisotopic (exact) mass is 323 g/mol. The Bertz CT molecular complexity index is 616. The molecule has 0 saturated carbocycles. The highest BCUT2D eigenvalue weighted by molar-refractivity contribution is 9.10. The third-order valence-corrected chi connectivity index (χ3v) is 3.19. The number of hydrogen-bond donors (Lipinski definition) is 1. The lowest BCUT2D eigenvalue weighted by Crippen LogP contribution is -2.13. The summed E-state index contributed by atoms with van der Waals surface area (Å²) in [7, 11) is 1.50. The Labute approximate surface area is 118 Å². The van der Waals surface area contributed by atoms with E-state index in [1.165, 1.54) is 25.3 Å². The molecule has 0 aliphatic rings. The van der Waals surface area contributed by atoms with E-state index in [0.717, 1.165) is 0 Å². The molecule has 0 aliphatic carbocycles. The fraction of sp³-hybridized carbons (Fsp3) is 0.0714. The number of rotatable bonds is 3. The number of carbonyl (C=O) groups is 1. The first kappa shape index (κ1) is 13.5. The zero-order valence-corrected chi connectivity index (χ0v) is 11.7. The zero-order chi connectivity index (χ0) is 13.8. The van der Waals surface area contributed by atoms with E-state index >= 15 is 0 Å². The van der Waals surface area contributed by atoms with Gasteiger partial charge in [0, 0.05) is 4.47 Å². The first-order valence-corrected chi connectivity index (χ1v) is 6.30. The molecule has 5 heteroatoms. The minimum absolute atomic E-state index is 0.315. The summed E-state index contributed by atoms with van der Waals surface area (Å²) in [4.78, 5) is 12.1. The van der Waals surface area contributed by atoms with Crippen molar-refractivity contribution in [3.05, 3.63) is 58.3 Å². The van der Waals surface area contributed by atoms with Crippen molar-refractivity contribution in [2.45, 2.75) is 0 Å². The minimum atomic E-state index is -0.373. The van der Waals surface area contributed by atoms with E-state index in [2.05, 4.69) is 21.2 Å². The molecule has 0 radical (unpaired) electrons. The number of carbonyl (C=O) groups excluding carboxylic acids is 1. The molecule has 1 amide bonds. The highest BCUT2D eigenvalue weighted by Crippen LogP contribution is 2.25. The number of hydrogen-bond acceptors (Lipinski definition) is 2. The zero-order valence-electron chi connectivity index (χ0n) is 10.1. The van der Waals surface area contributed by atoms with Crippen molar-refractivity contribution in [3.8, 4) is 5.75 Å². The van der Waals surface area contributed by atoms with Crippen LogP contribution in [0, 0.1) is 5.82 Å². The molecule has 0 heterocycles. The largest absolute Gasteiger partial charge is 0.496 e. The Hall–Kier alpha value is -1.88. The Morgan fingerprint density at radius 2 is 2.00 bits per heavy atom. The number of nitrogens with one attached hydrogen (secondary N) is 1. The summed E-state index contributed by atoms with van der Waals surface area (Å²) in [5, 5.41) is 2.70. The molecule has 2 aromatic carbocycles. The van der Waals surface area contributed by atoms with Crippen LogP contribution >= 0.6 is 15.9 Å². The van der Waals surface area contributed by atoms with Crippen LogP contribution in [0.3, 0.4) is 0 Å². The molecule has 19 heavy (non-hydrogen) atoms. The van der Waals surface area contributed by atoms with E-state index < -0.39 is 0 Å². The van der Waals surface area contributed by atoms with Crippen LogP contribution < -0.4 is 10.1 Å². The predicted molar refractivity (Wildman–Crippen MR) is 75.0 cm³/mol. The number of amides is 1. The number of benzene rings is 2. The highest BCUT2D eigenvalue weighted by atomic mass is 79.9. The van der Waals surface area contributed by atoms with Gasteiger partial charge in [0.25, 0.3) is 5.91 Å². The average Bonchev–Trinajstić information content (AvgIpc) is 2.41. The topological polar surface area (TPSA) is 38.3 Å². The molecule has 3 nitrogen and oxygen atoms in total. The van der Waals surface area contributed by atoms with E-state index in [-0.39, 0.29) is 11.7 Å². The van der Waals surface area contributed by atoms with Crippen LogP contribution in [0.1, 0.15) is 10.4 Å². The smallest absolute Gasteiger partial charge is 0.259 e. The normalized spacial score (nSPS) is 10.1. The summed E-state index contributed by atoms with van der Waals surface area (Å²) >= 11 is 3.20. The summed E-state index contributed by atoms with van der Waals surface area (Å²) < 4.78 is 18.6. The van der Waals surface area contributed by atoms with E-state index in [9.17, 15) is 9.18 Å². The van der Waals surface area contributed by atoms with Gasteiger partial charge in [-0.1, -0.05) is 12.1 Å². The van der Waals surface area contributed by atoms with Crippen LogP contribution in [-0.4, -0.2) is 13.0 Å². The minimum Gasteiger partial charge on any atom is -0.496 e. The van der Waals surface area contributed by atoms with Crippen molar-refractivity contribution in [1.29, 1.82) is 0 Å². The van der Waals surface area contributed by atoms with Gasteiger partial charge in [0.15, 0.2) is 0 Å². The quantitative estimate of drug-likeness (QED) is 0.931. The number of methoxy groups -OCH3 is 1. The van der Waals surface area contributed by atoms with Crippen molar-refractivity contribution in [2.24, 2.45) is 0 Å². The maximum Gasteiger partial charge on any atom is 0.259 e. The molecule has 2 rings (SSSR count). The van der Waals surface area contributed by atoms with Crippen molar-refractivity contribution in [1.82, 2.24) is 0 Å². The molecular formula is C14H11BrFNO2. The number of ether oxygens (including phenoxy) is 1. The Morgan fingerprint density at radius 3 is 2.68 bits per heavy atom. The second kappa shape index (κ2) is 5.84. The Kier molecular flexibility index (Phi) is 4.16. The summed E-state index contributed by atoms with van der Waals surface area (Å²) in [6.07, 6.45) is 0. The van der Waals surface area contributed by atoms with E-state index in [1.807, 2.05) is 0 Å². The van der Waals surface area contributed by atoms with E-state index in [4.69, 9.17) is 4.74 Å². The molecular weight excluding hydrogens is 313 g/mol. The molecule has 98 valence electrons. The van der Waals surface area contributed by atoms with Gasteiger partial charge in [-0.15, -0.1) is 0 Å². The standard InChI is InChI=1S/C14H11BrFNO2/c1-19-13-5-3-2-4-10(13)14(18)17-12-7-6-9(16)8-11(12)15/h2-8H,1H3,(H,17,18). The van der Waals surface area contributed by atoms with Gasteiger partial charge in [-0.25, -0.2) is 4.39 Å². The Balaban J connectivity index is 2.26. The molecule has 0 fully saturated rings. The van der Waals surface area contributed by atoms with E-state index in [1.54, 1.807) is 24.3 Å². The molecule has 0 unspecified atom stereocenters. The Morgan fingerprint density at radius 1 is 1.26 bits per heavy atom. The van der Waals surface area contributed by atoms with Gasteiger partial charge in [0.2, 0.25) is 0 Å². The fourth-order valence-electron chi connectivity index (χ4n) is 1.61. The van der Waals surface area contributed by atoms with Gasteiger partial charge in [-0.3, -0.25) is 4.79 Å². The van der Waals surface area contributed by atoms with Crippen LogP contribution in [0.2, 0.25) is 0 Å². The molecule has 1 N–H and O–H groups in total. The van der Waals surface area contributed by atoms with Gasteiger partial charge in [0.1, 0.15) is 11.6 Å². The molecule has 0 saturated heterocycles. The summed E-state index contributed by atoms with van der Waals surface area (Å²) in [6.45, 7) is 0. The lowest BCUT2D eigenvalue weighted by atomic mass is 10.2. The molecule has 0 aliphatic heterocycles. The predicted octanol–water partition coefficient (Wildman–Crippen LogP) is 3.85. The molecule has 0 aromatic heterocycles. The maximum absolute atomic E-state index is 13.0. The second-order valence-electron chi connectivity index (χ2n) is 3.78. The first-order chi connectivity index (χ1) is 9.11. The lowest BCUT2D eigenvalue weighted by Gasteiger charge is -2.10. The lowest BCUT2D eigenvalue weighted by molar-refractivity contribution is 0.102. The van der Waals surface area contributed by atoms with Gasteiger partial charge in [-0.2, -0.15) is 0 Å². The van der Waals surface area contributed by atoms with Crippen molar-refractivity contribution in [3.63, 3.8) is 0 Å². The average molecular weight is 324 g/mol. The van der Waals surface area contributed by atoms with Gasteiger partial charge >= 0.3 is 0 Å². The van der Waals surface area contributed by atoms with Crippen molar-refractivity contribution >= 4 is 27.5 Å². The van der Waals surface area contributed by atoms with Crippen LogP contribution in [-0.2, 0) is 0 Å². The maximum atomic E-state index is 13.0. The summed E-state index contributed by atoms with van der Waals surface area (Å²) in [6, 6.07) is 11.0. The first-order valence-electron chi connectivity index (χ1n) is 5.51. The second-order valence-corrected chi connectivity index (χ2v) is 4.63. The van der Waals surface area contributed by atoms with Crippen LogP contribution in [0.5, 0.6) is 5.75 Å². The summed E-state index contributed by atoms with van der Waals surface area (Å²) in [5.41, 5.74) is 0.915. The SMILES string of the molecule is COc1ccccc1C(=O)Nc1ccc(F)cc1Br. The highest BCUT2D eigenvalue weighted by Gasteiger charge is 2.13. The van der Waals surface area contributed by atoms with Gasteiger partial charge in [-0.05, 0) is 46.3 Å². The molecule has 0 atom stereocenters.